The van der Waals surface area contributed by atoms with Gasteiger partial charge in [-0.05, 0) is 37.3 Å². The highest BCUT2D eigenvalue weighted by atomic mass is 28.3. The summed E-state index contributed by atoms with van der Waals surface area (Å²) in [5.41, 5.74) is -0.114. The van der Waals surface area contributed by atoms with Gasteiger partial charge in [-0.25, -0.2) is 0 Å². The fourth-order valence-electron chi connectivity index (χ4n) is 4.01. The molecule has 21 heavy (non-hydrogen) atoms. The quantitative estimate of drug-likeness (QED) is 0.586. The minimum atomic E-state index is -1.31. The Morgan fingerprint density at radius 1 is 0.857 bits per heavy atom. The van der Waals surface area contributed by atoms with Crippen molar-refractivity contribution < 1.29 is 10.2 Å². The van der Waals surface area contributed by atoms with E-state index in [1.165, 1.54) is 18.4 Å². The first-order valence-electron chi connectivity index (χ1n) is 8.90. The maximum absolute atomic E-state index is 11.2. The van der Waals surface area contributed by atoms with Crippen LogP contribution in [0.1, 0.15) is 64.2 Å². The highest BCUT2D eigenvalue weighted by molar-refractivity contribution is 6.76. The van der Waals surface area contributed by atoms with E-state index in [-0.39, 0.29) is 0 Å². The zero-order valence-corrected chi connectivity index (χ0v) is 15.2. The summed E-state index contributed by atoms with van der Waals surface area (Å²) >= 11 is 0. The maximum atomic E-state index is 11.2. The second-order valence-electron chi connectivity index (χ2n) is 8.66. The minimum absolute atomic E-state index is 0.633. The lowest BCUT2D eigenvalue weighted by atomic mass is 9.76. The molecule has 2 nitrogen and oxygen atoms in total. The highest BCUT2D eigenvalue weighted by Gasteiger charge is 2.38. The van der Waals surface area contributed by atoms with Gasteiger partial charge in [0.05, 0.1) is 11.2 Å². The van der Waals surface area contributed by atoms with E-state index in [9.17, 15) is 10.2 Å². The van der Waals surface area contributed by atoms with Crippen molar-refractivity contribution in [3.63, 3.8) is 0 Å². The Morgan fingerprint density at radius 2 is 1.33 bits per heavy atom. The van der Waals surface area contributed by atoms with Gasteiger partial charge in [0.2, 0.25) is 0 Å². The summed E-state index contributed by atoms with van der Waals surface area (Å²) in [7, 11) is -1.31. The van der Waals surface area contributed by atoms with Crippen molar-refractivity contribution in [2.75, 3.05) is 0 Å². The van der Waals surface area contributed by atoms with Gasteiger partial charge in [-0.15, -0.1) is 0 Å². The molecule has 0 heterocycles. The second kappa shape index (κ2) is 6.55. The molecule has 0 bridgehead atoms. The Bertz CT molecular complexity index is 369. The molecule has 0 aromatic rings. The van der Waals surface area contributed by atoms with Crippen molar-refractivity contribution in [2.24, 2.45) is 0 Å². The second-order valence-corrected chi connectivity index (χ2v) is 14.1. The average Bonchev–Trinajstić information content (AvgIpc) is 2.38. The van der Waals surface area contributed by atoms with E-state index in [2.05, 4.69) is 25.7 Å². The smallest absolute Gasteiger partial charge is 0.0855 e. The fourth-order valence-corrected chi connectivity index (χ4v) is 5.59. The third-order valence-electron chi connectivity index (χ3n) is 5.16. The topological polar surface area (TPSA) is 40.5 Å². The van der Waals surface area contributed by atoms with Gasteiger partial charge in [0, 0.05) is 8.07 Å². The lowest BCUT2D eigenvalue weighted by Gasteiger charge is -2.39. The Labute approximate surface area is 131 Å². The molecule has 0 radical (unpaired) electrons. The number of rotatable bonds is 4. The standard InChI is InChI=1S/C18H34O2Si/c1-21(2,3)15-16(18(20)12-8-5-9-13-18)14-17(19)10-6-4-7-11-17/h14,19-20H,4-13,15H2,1-3H3/b16-14-. The van der Waals surface area contributed by atoms with E-state index >= 15 is 0 Å². The van der Waals surface area contributed by atoms with Crippen LogP contribution in [0.4, 0.5) is 0 Å². The molecular formula is C18H34O2Si. The molecule has 2 N–H and O–H groups in total. The van der Waals surface area contributed by atoms with Crippen LogP contribution in [0.5, 0.6) is 0 Å². The van der Waals surface area contributed by atoms with Gasteiger partial charge < -0.3 is 10.2 Å². The summed E-state index contributed by atoms with van der Waals surface area (Å²) < 4.78 is 0. The Hall–Kier alpha value is -0.123. The van der Waals surface area contributed by atoms with Gasteiger partial charge in [0.15, 0.2) is 0 Å². The van der Waals surface area contributed by atoms with Gasteiger partial charge >= 0.3 is 0 Å². The Kier molecular flexibility index (Phi) is 5.38. The van der Waals surface area contributed by atoms with Crippen LogP contribution >= 0.6 is 0 Å². The number of hydrogen-bond acceptors (Lipinski definition) is 2. The van der Waals surface area contributed by atoms with Crippen molar-refractivity contribution >= 4 is 8.07 Å². The minimum Gasteiger partial charge on any atom is -0.386 e. The normalized spacial score (nSPS) is 26.6. The van der Waals surface area contributed by atoms with Crippen LogP contribution in [-0.4, -0.2) is 29.5 Å². The van der Waals surface area contributed by atoms with E-state index in [1.54, 1.807) is 0 Å². The van der Waals surface area contributed by atoms with Gasteiger partial charge in [-0.2, -0.15) is 0 Å². The molecule has 3 heteroatoms. The summed E-state index contributed by atoms with van der Waals surface area (Å²) in [6, 6.07) is 1.02. The molecule has 122 valence electrons. The third kappa shape index (κ3) is 4.94. The van der Waals surface area contributed by atoms with Crippen molar-refractivity contribution in [1.82, 2.24) is 0 Å². The molecule has 2 rings (SSSR count). The molecule has 0 amide bonds. The van der Waals surface area contributed by atoms with Gasteiger partial charge in [0.1, 0.15) is 0 Å². The predicted octanol–water partition coefficient (Wildman–Crippen LogP) is 4.64. The fraction of sp³-hybridized carbons (Fsp3) is 0.889. The summed E-state index contributed by atoms with van der Waals surface area (Å²) in [5, 5.41) is 22.1. The largest absolute Gasteiger partial charge is 0.386 e. The first-order valence-corrected chi connectivity index (χ1v) is 12.6. The number of aliphatic hydroxyl groups is 2. The van der Waals surface area contributed by atoms with E-state index in [4.69, 9.17) is 0 Å². The molecular weight excluding hydrogens is 276 g/mol. The molecule has 0 aromatic heterocycles. The van der Waals surface area contributed by atoms with Gasteiger partial charge in [0.25, 0.3) is 0 Å². The summed E-state index contributed by atoms with van der Waals surface area (Å²) in [6.45, 7) is 7.08. The van der Waals surface area contributed by atoms with E-state index in [0.717, 1.165) is 57.4 Å². The van der Waals surface area contributed by atoms with E-state index in [0.29, 0.717) is 0 Å². The summed E-state index contributed by atoms with van der Waals surface area (Å²) in [6.07, 6.45) is 12.6. The first kappa shape index (κ1) is 17.2. The van der Waals surface area contributed by atoms with Crippen LogP contribution < -0.4 is 0 Å². The average molecular weight is 311 g/mol. The predicted molar refractivity (Wildman–Crippen MR) is 92.3 cm³/mol. The lowest BCUT2D eigenvalue weighted by Crippen LogP contribution is -2.40. The first-order chi connectivity index (χ1) is 9.73. The molecule has 2 aliphatic rings. The molecule has 2 aliphatic carbocycles. The van der Waals surface area contributed by atoms with Crippen molar-refractivity contribution in [2.45, 2.75) is 101 Å². The SMILES string of the molecule is C[Si](C)(C)C/C(=C/C1(O)CCCCC1)C1(O)CCCCC1. The molecule has 2 fully saturated rings. The van der Waals surface area contributed by atoms with Crippen molar-refractivity contribution in [3.8, 4) is 0 Å². The van der Waals surface area contributed by atoms with Crippen LogP contribution in [-0.2, 0) is 0 Å². The monoisotopic (exact) mass is 310 g/mol. The molecule has 0 atom stereocenters. The summed E-state index contributed by atoms with van der Waals surface area (Å²) in [5.74, 6) is 0. The van der Waals surface area contributed by atoms with Crippen LogP contribution in [0.25, 0.3) is 0 Å². The molecule has 0 unspecified atom stereocenters. The molecule has 0 spiro atoms. The highest BCUT2D eigenvalue weighted by Crippen LogP contribution is 2.41. The molecule has 0 aromatic carbocycles. The molecule has 2 saturated carbocycles. The number of hydrogen-bond donors (Lipinski definition) is 2. The molecule has 0 aliphatic heterocycles. The summed E-state index contributed by atoms with van der Waals surface area (Å²) in [4.78, 5) is 0. The zero-order valence-electron chi connectivity index (χ0n) is 14.2. The molecule has 0 saturated heterocycles. The van der Waals surface area contributed by atoms with Crippen molar-refractivity contribution in [1.29, 1.82) is 0 Å². The zero-order chi connectivity index (χ0) is 15.6. The third-order valence-corrected chi connectivity index (χ3v) is 6.60. The van der Waals surface area contributed by atoms with E-state index < -0.39 is 19.3 Å². The van der Waals surface area contributed by atoms with Gasteiger partial charge in [-0.1, -0.05) is 64.2 Å². The maximum Gasteiger partial charge on any atom is 0.0855 e. The Morgan fingerprint density at radius 3 is 1.81 bits per heavy atom. The van der Waals surface area contributed by atoms with Crippen LogP contribution in [0.15, 0.2) is 11.6 Å². The lowest BCUT2D eigenvalue weighted by molar-refractivity contribution is 0.0252. The van der Waals surface area contributed by atoms with Crippen LogP contribution in [0, 0.1) is 0 Å². The Balaban J connectivity index is 2.26. The van der Waals surface area contributed by atoms with Crippen LogP contribution in [0.2, 0.25) is 25.7 Å². The van der Waals surface area contributed by atoms with E-state index in [1.807, 2.05) is 0 Å². The van der Waals surface area contributed by atoms with Crippen molar-refractivity contribution in [3.05, 3.63) is 11.6 Å². The van der Waals surface area contributed by atoms with Gasteiger partial charge in [-0.3, -0.25) is 0 Å². The van der Waals surface area contributed by atoms with Crippen LogP contribution in [0.3, 0.4) is 0 Å².